The fraction of sp³-hybridized carbons (Fsp3) is 0.765. The molecule has 7 heteroatoms. The van der Waals surface area contributed by atoms with Crippen molar-refractivity contribution in [1.82, 2.24) is 15.5 Å². The molecule has 7 nitrogen and oxygen atoms in total. The lowest BCUT2D eigenvalue weighted by atomic mass is 9.84. The van der Waals surface area contributed by atoms with E-state index in [1.54, 1.807) is 0 Å². The molecule has 1 heterocycles. The van der Waals surface area contributed by atoms with E-state index in [2.05, 4.69) is 15.5 Å². The SMILES string of the molecule is NC(=O)[C@H]1CCCC[C@H]1NC(=O)CCc1nc(C2CCCC2)no1. The van der Waals surface area contributed by atoms with Gasteiger partial charge in [0, 0.05) is 24.8 Å². The molecule has 2 amide bonds. The van der Waals surface area contributed by atoms with Gasteiger partial charge in [-0.05, 0) is 25.7 Å². The minimum absolute atomic E-state index is 0.0891. The molecule has 2 aliphatic rings. The monoisotopic (exact) mass is 334 g/mol. The first-order chi connectivity index (χ1) is 11.6. The molecule has 0 spiro atoms. The predicted octanol–water partition coefficient (Wildman–Crippen LogP) is 1.82. The molecule has 3 N–H and O–H groups in total. The molecule has 2 saturated carbocycles. The molecule has 0 radical (unpaired) electrons. The van der Waals surface area contributed by atoms with Crippen molar-refractivity contribution in [3.8, 4) is 0 Å². The highest BCUT2D eigenvalue weighted by Gasteiger charge is 2.30. The Morgan fingerprint density at radius 1 is 1.12 bits per heavy atom. The van der Waals surface area contributed by atoms with Crippen molar-refractivity contribution in [2.75, 3.05) is 0 Å². The van der Waals surface area contributed by atoms with Crippen LogP contribution in [0.15, 0.2) is 4.52 Å². The first kappa shape index (κ1) is 16.9. The molecule has 0 bridgehead atoms. The summed E-state index contributed by atoms with van der Waals surface area (Å²) in [5.74, 6) is 1.05. The number of rotatable bonds is 6. The van der Waals surface area contributed by atoms with Gasteiger partial charge < -0.3 is 15.6 Å². The Kier molecular flexibility index (Phi) is 5.48. The van der Waals surface area contributed by atoms with Gasteiger partial charge in [-0.3, -0.25) is 9.59 Å². The van der Waals surface area contributed by atoms with E-state index in [0.717, 1.165) is 44.3 Å². The summed E-state index contributed by atoms with van der Waals surface area (Å²) in [7, 11) is 0. The number of primary amides is 1. The van der Waals surface area contributed by atoms with Gasteiger partial charge in [0.1, 0.15) is 0 Å². The minimum Gasteiger partial charge on any atom is -0.369 e. The average molecular weight is 334 g/mol. The van der Waals surface area contributed by atoms with E-state index in [1.165, 1.54) is 12.8 Å². The smallest absolute Gasteiger partial charge is 0.227 e. The predicted molar refractivity (Wildman–Crippen MR) is 86.9 cm³/mol. The number of hydrogen-bond acceptors (Lipinski definition) is 5. The zero-order valence-electron chi connectivity index (χ0n) is 14.0. The molecule has 0 saturated heterocycles. The zero-order chi connectivity index (χ0) is 16.9. The van der Waals surface area contributed by atoms with E-state index in [0.29, 0.717) is 18.2 Å². The number of carbonyl (C=O) groups is 2. The number of nitrogens with zero attached hydrogens (tertiary/aromatic N) is 2. The number of nitrogens with two attached hydrogens (primary N) is 1. The van der Waals surface area contributed by atoms with Crippen LogP contribution in [0.1, 0.15) is 75.4 Å². The highest BCUT2D eigenvalue weighted by molar-refractivity contribution is 5.80. The summed E-state index contributed by atoms with van der Waals surface area (Å²) in [6, 6.07) is -0.138. The van der Waals surface area contributed by atoms with Crippen LogP contribution in [0.5, 0.6) is 0 Å². The molecule has 2 atom stereocenters. The van der Waals surface area contributed by atoms with Gasteiger partial charge in [0.15, 0.2) is 5.82 Å². The second-order valence-electron chi connectivity index (χ2n) is 7.00. The van der Waals surface area contributed by atoms with Gasteiger partial charge in [-0.15, -0.1) is 0 Å². The molecule has 132 valence electrons. The van der Waals surface area contributed by atoms with Crippen LogP contribution >= 0.6 is 0 Å². The van der Waals surface area contributed by atoms with Crippen molar-refractivity contribution in [1.29, 1.82) is 0 Å². The van der Waals surface area contributed by atoms with Crippen LogP contribution in [-0.2, 0) is 16.0 Å². The molecule has 24 heavy (non-hydrogen) atoms. The van der Waals surface area contributed by atoms with Crippen molar-refractivity contribution in [2.45, 2.75) is 76.2 Å². The van der Waals surface area contributed by atoms with E-state index in [9.17, 15) is 9.59 Å². The number of hydrogen-bond donors (Lipinski definition) is 2. The molecule has 1 aromatic heterocycles. The van der Waals surface area contributed by atoms with E-state index in [-0.39, 0.29) is 30.2 Å². The van der Waals surface area contributed by atoms with Crippen molar-refractivity contribution in [2.24, 2.45) is 11.7 Å². The molecule has 2 aliphatic carbocycles. The maximum absolute atomic E-state index is 12.2. The summed E-state index contributed by atoms with van der Waals surface area (Å²) in [5.41, 5.74) is 5.44. The Hall–Kier alpha value is -1.92. The molecule has 2 fully saturated rings. The lowest BCUT2D eigenvalue weighted by Crippen LogP contribution is -2.47. The van der Waals surface area contributed by atoms with E-state index in [1.807, 2.05) is 0 Å². The topological polar surface area (TPSA) is 111 Å². The first-order valence-electron chi connectivity index (χ1n) is 9.04. The Balaban J connectivity index is 1.47. The van der Waals surface area contributed by atoms with E-state index >= 15 is 0 Å². The Morgan fingerprint density at radius 2 is 1.83 bits per heavy atom. The molecule has 0 aliphatic heterocycles. The van der Waals surface area contributed by atoms with Crippen molar-refractivity contribution < 1.29 is 14.1 Å². The molecule has 0 unspecified atom stereocenters. The van der Waals surface area contributed by atoms with E-state index in [4.69, 9.17) is 10.3 Å². The normalized spacial score (nSPS) is 24.8. The van der Waals surface area contributed by atoms with Gasteiger partial charge in [-0.1, -0.05) is 30.8 Å². The standard InChI is InChI=1S/C17H26N4O3/c18-16(23)12-7-3-4-8-13(12)19-14(22)9-10-15-20-17(21-24-15)11-5-1-2-6-11/h11-13H,1-10H2,(H2,18,23)(H,19,22)/t12-,13+/m0/s1. The van der Waals surface area contributed by atoms with Crippen LogP contribution in [0.2, 0.25) is 0 Å². The highest BCUT2D eigenvalue weighted by atomic mass is 16.5. The summed E-state index contributed by atoms with van der Waals surface area (Å²) < 4.78 is 5.26. The maximum atomic E-state index is 12.2. The summed E-state index contributed by atoms with van der Waals surface area (Å²) in [6.07, 6.45) is 8.98. The van der Waals surface area contributed by atoms with Gasteiger partial charge in [-0.2, -0.15) is 4.98 Å². The van der Waals surface area contributed by atoms with Crippen molar-refractivity contribution >= 4 is 11.8 Å². The van der Waals surface area contributed by atoms with Gasteiger partial charge >= 0.3 is 0 Å². The van der Waals surface area contributed by atoms with Crippen LogP contribution in [0.4, 0.5) is 0 Å². The van der Waals surface area contributed by atoms with Crippen LogP contribution in [0, 0.1) is 5.92 Å². The second kappa shape index (κ2) is 7.77. The van der Waals surface area contributed by atoms with Crippen LogP contribution in [-0.4, -0.2) is 28.0 Å². The fourth-order valence-corrected chi connectivity index (χ4v) is 3.86. The average Bonchev–Trinajstić information content (AvgIpc) is 3.24. The van der Waals surface area contributed by atoms with Crippen molar-refractivity contribution in [3.05, 3.63) is 11.7 Å². The Labute approximate surface area is 141 Å². The van der Waals surface area contributed by atoms with Gasteiger partial charge in [0.2, 0.25) is 17.7 Å². The van der Waals surface area contributed by atoms with Gasteiger partial charge in [0.05, 0.1) is 5.92 Å². The first-order valence-corrected chi connectivity index (χ1v) is 9.04. The third-order valence-corrected chi connectivity index (χ3v) is 5.25. The molecule has 1 aromatic rings. The fourth-order valence-electron chi connectivity index (χ4n) is 3.86. The van der Waals surface area contributed by atoms with Crippen molar-refractivity contribution in [3.63, 3.8) is 0 Å². The van der Waals surface area contributed by atoms with Crippen LogP contribution in [0.25, 0.3) is 0 Å². The summed E-state index contributed by atoms with van der Waals surface area (Å²) in [6.45, 7) is 0. The summed E-state index contributed by atoms with van der Waals surface area (Å²) >= 11 is 0. The summed E-state index contributed by atoms with van der Waals surface area (Å²) in [4.78, 5) is 28.1. The largest absolute Gasteiger partial charge is 0.369 e. The molecule has 3 rings (SSSR count). The lowest BCUT2D eigenvalue weighted by molar-refractivity contribution is -0.126. The quantitative estimate of drug-likeness (QED) is 0.824. The maximum Gasteiger partial charge on any atom is 0.227 e. The van der Waals surface area contributed by atoms with E-state index < -0.39 is 0 Å². The van der Waals surface area contributed by atoms with Crippen LogP contribution < -0.4 is 11.1 Å². The Bertz CT molecular complexity index is 580. The third kappa shape index (κ3) is 4.13. The zero-order valence-corrected chi connectivity index (χ0v) is 14.0. The second-order valence-corrected chi connectivity index (χ2v) is 7.00. The minimum atomic E-state index is -0.321. The number of amides is 2. The molecular weight excluding hydrogens is 308 g/mol. The number of carbonyl (C=O) groups excluding carboxylic acids is 2. The van der Waals surface area contributed by atoms with Crippen LogP contribution in [0.3, 0.4) is 0 Å². The van der Waals surface area contributed by atoms with Gasteiger partial charge in [0.25, 0.3) is 0 Å². The third-order valence-electron chi connectivity index (χ3n) is 5.25. The van der Waals surface area contributed by atoms with Gasteiger partial charge in [-0.25, -0.2) is 0 Å². The number of aryl methyl sites for hydroxylation is 1. The number of aromatic nitrogens is 2. The highest BCUT2D eigenvalue weighted by Crippen LogP contribution is 2.32. The Morgan fingerprint density at radius 3 is 2.58 bits per heavy atom. The molecule has 0 aromatic carbocycles. The number of nitrogens with one attached hydrogen (secondary N) is 1. The molecular formula is C17H26N4O3. The summed E-state index contributed by atoms with van der Waals surface area (Å²) in [5, 5.41) is 7.00. The lowest BCUT2D eigenvalue weighted by Gasteiger charge is -2.29.